The lowest BCUT2D eigenvalue weighted by atomic mass is 9.89. The number of rotatable bonds is 10. The third-order valence-corrected chi connectivity index (χ3v) is 7.55. The van der Waals surface area contributed by atoms with Gasteiger partial charge < -0.3 is 27.3 Å². The molecular weight excluding hydrogens is 532 g/mol. The Balaban J connectivity index is -0.000000112. The number of hydrogen-bond donors (Lipinski definition) is 2. The SMILES string of the molecule is C.C.C.C.CCC(C)(C)C(=O)Nc1ccc(C(=O)O)cc1.CCC(C)c1ccccc1.CC[N+](CC)(CC)CC.[Cl-]. The molecule has 2 N–H and O–H groups in total. The van der Waals surface area contributed by atoms with Crippen LogP contribution in [0.3, 0.4) is 0 Å². The Morgan fingerprint density at radius 3 is 1.49 bits per heavy atom. The van der Waals surface area contributed by atoms with Gasteiger partial charge >= 0.3 is 5.97 Å². The van der Waals surface area contributed by atoms with E-state index < -0.39 is 11.4 Å². The molecule has 6 heteroatoms. The van der Waals surface area contributed by atoms with Gasteiger partial charge in [0.2, 0.25) is 5.91 Å². The molecule has 0 radical (unpaired) electrons. The number of nitrogens with one attached hydrogen (secondary N) is 1. The zero-order valence-corrected chi connectivity index (χ0v) is 25.4. The minimum absolute atomic E-state index is 0. The fraction of sp³-hybridized carbons (Fsp3) is 0.600. The summed E-state index contributed by atoms with van der Waals surface area (Å²) in [7, 11) is 0. The van der Waals surface area contributed by atoms with Crippen molar-refractivity contribution in [2.45, 2.75) is 111 Å². The maximum absolute atomic E-state index is 11.9. The molecule has 2 aromatic rings. The molecule has 0 aliphatic heterocycles. The van der Waals surface area contributed by atoms with Gasteiger partial charge in [0.05, 0.1) is 31.7 Å². The second-order valence-corrected chi connectivity index (χ2v) is 9.90. The lowest BCUT2D eigenvalue weighted by Gasteiger charge is -2.34. The van der Waals surface area contributed by atoms with E-state index in [4.69, 9.17) is 5.11 Å². The second-order valence-electron chi connectivity index (χ2n) is 9.90. The first-order chi connectivity index (χ1) is 16.9. The molecule has 2 aromatic carbocycles. The van der Waals surface area contributed by atoms with Gasteiger partial charge in [-0.2, -0.15) is 0 Å². The Kier molecular flexibility index (Phi) is 33.2. The van der Waals surface area contributed by atoms with Crippen LogP contribution in [0.5, 0.6) is 0 Å². The predicted octanol–water partition coefficient (Wildman–Crippen LogP) is 7.39. The number of carboxylic acids is 1. The van der Waals surface area contributed by atoms with E-state index in [0.717, 1.165) is 6.42 Å². The van der Waals surface area contributed by atoms with Crippen LogP contribution >= 0.6 is 0 Å². The summed E-state index contributed by atoms with van der Waals surface area (Å²) < 4.78 is 1.28. The van der Waals surface area contributed by atoms with Crippen LogP contribution < -0.4 is 17.7 Å². The van der Waals surface area contributed by atoms with Crippen LogP contribution in [0.2, 0.25) is 0 Å². The molecule has 1 unspecified atom stereocenters. The third-order valence-electron chi connectivity index (χ3n) is 7.55. The molecule has 0 fully saturated rings. The highest BCUT2D eigenvalue weighted by atomic mass is 35.5. The second kappa shape index (κ2) is 26.5. The van der Waals surface area contributed by atoms with Gasteiger partial charge in [-0.3, -0.25) is 4.79 Å². The van der Waals surface area contributed by atoms with E-state index in [-0.39, 0.29) is 53.6 Å². The molecule has 0 spiro atoms. The summed E-state index contributed by atoms with van der Waals surface area (Å²) >= 11 is 0. The van der Waals surface area contributed by atoms with Crippen LogP contribution in [0.15, 0.2) is 54.6 Å². The molecule has 41 heavy (non-hydrogen) atoms. The molecule has 0 aromatic heterocycles. The number of carbonyl (C=O) groups is 2. The summed E-state index contributed by atoms with van der Waals surface area (Å²) in [6, 6.07) is 16.8. The highest BCUT2D eigenvalue weighted by Crippen LogP contribution is 2.22. The van der Waals surface area contributed by atoms with Crippen molar-refractivity contribution in [1.29, 1.82) is 0 Å². The highest BCUT2D eigenvalue weighted by molar-refractivity contribution is 5.95. The molecule has 0 aliphatic carbocycles. The number of hydrogen-bond acceptors (Lipinski definition) is 2. The van der Waals surface area contributed by atoms with Crippen LogP contribution in [-0.2, 0) is 4.79 Å². The van der Waals surface area contributed by atoms with Gasteiger partial charge in [-0.25, -0.2) is 4.79 Å². The van der Waals surface area contributed by atoms with Crippen LogP contribution in [0.25, 0.3) is 0 Å². The molecule has 242 valence electrons. The molecule has 1 atom stereocenters. The van der Waals surface area contributed by atoms with Crippen molar-refractivity contribution in [2.24, 2.45) is 5.41 Å². The predicted molar refractivity (Wildman–Crippen MR) is 181 cm³/mol. The van der Waals surface area contributed by atoms with E-state index in [0.29, 0.717) is 11.6 Å². The van der Waals surface area contributed by atoms with Crippen molar-refractivity contribution in [1.82, 2.24) is 0 Å². The Hall–Kier alpha value is -2.37. The first-order valence-electron chi connectivity index (χ1n) is 13.5. The van der Waals surface area contributed by atoms with Crippen molar-refractivity contribution in [3.05, 3.63) is 65.7 Å². The van der Waals surface area contributed by atoms with Gasteiger partial charge in [0.25, 0.3) is 0 Å². The summed E-state index contributed by atoms with van der Waals surface area (Å²) in [5.41, 5.74) is 1.84. The molecule has 0 bridgehead atoms. The number of aromatic carboxylic acids is 1. The lowest BCUT2D eigenvalue weighted by molar-refractivity contribution is -0.921. The van der Waals surface area contributed by atoms with Gasteiger partial charge in [0, 0.05) is 11.1 Å². The summed E-state index contributed by atoms with van der Waals surface area (Å²) in [6.07, 6.45) is 1.97. The van der Waals surface area contributed by atoms with Crippen LogP contribution in [0.4, 0.5) is 5.69 Å². The fourth-order valence-electron chi connectivity index (χ4n) is 3.52. The van der Waals surface area contributed by atoms with Gasteiger partial charge in [-0.15, -0.1) is 0 Å². The summed E-state index contributed by atoms with van der Waals surface area (Å²) in [4.78, 5) is 22.5. The lowest BCUT2D eigenvalue weighted by Crippen LogP contribution is -3.00. The Morgan fingerprint density at radius 1 is 0.780 bits per heavy atom. The van der Waals surface area contributed by atoms with Crippen molar-refractivity contribution < 1.29 is 31.6 Å². The van der Waals surface area contributed by atoms with Crippen LogP contribution in [-0.4, -0.2) is 47.6 Å². The van der Waals surface area contributed by atoms with Crippen molar-refractivity contribution >= 4 is 17.6 Å². The molecule has 0 heterocycles. The van der Waals surface area contributed by atoms with E-state index in [1.165, 1.54) is 54.8 Å². The maximum Gasteiger partial charge on any atom is 0.335 e. The quantitative estimate of drug-likeness (QED) is 0.280. The summed E-state index contributed by atoms with van der Waals surface area (Å²) in [5.74, 6) is -0.332. The monoisotopic (exact) mass is 598 g/mol. The van der Waals surface area contributed by atoms with Crippen molar-refractivity contribution in [2.75, 3.05) is 31.5 Å². The van der Waals surface area contributed by atoms with Crippen molar-refractivity contribution in [3.8, 4) is 0 Å². The number of benzene rings is 2. The number of amides is 1. The normalized spacial score (nSPS) is 10.4. The maximum atomic E-state index is 11.9. The zero-order chi connectivity index (χ0) is 27.8. The van der Waals surface area contributed by atoms with E-state index in [1.807, 2.05) is 20.8 Å². The average Bonchev–Trinajstić information content (AvgIpc) is 2.91. The number of carboxylic acid groups (broad SMARTS) is 1. The molecule has 0 saturated carbocycles. The highest BCUT2D eigenvalue weighted by Gasteiger charge is 2.25. The van der Waals surface area contributed by atoms with Crippen molar-refractivity contribution in [3.63, 3.8) is 0 Å². The fourth-order valence-corrected chi connectivity index (χ4v) is 3.52. The smallest absolute Gasteiger partial charge is 0.335 e. The number of nitrogens with zero attached hydrogens (tertiary/aromatic N) is 1. The third kappa shape index (κ3) is 18.6. The summed E-state index contributed by atoms with van der Waals surface area (Å²) in [6.45, 7) is 24.4. The van der Waals surface area contributed by atoms with Gasteiger partial charge in [-0.05, 0) is 76.3 Å². The number of anilines is 1. The topological polar surface area (TPSA) is 66.4 Å². The average molecular weight is 599 g/mol. The van der Waals surface area contributed by atoms with Gasteiger partial charge in [0.1, 0.15) is 0 Å². The Bertz CT molecular complexity index is 863. The molecule has 1 amide bonds. The first kappa shape index (κ1) is 51.4. The first-order valence-corrected chi connectivity index (χ1v) is 13.5. The molecule has 2 rings (SSSR count). The number of carbonyl (C=O) groups excluding carboxylic acids is 1. The number of quaternary nitrogens is 1. The molecule has 5 nitrogen and oxygen atoms in total. The van der Waals surface area contributed by atoms with E-state index in [2.05, 4.69) is 77.2 Å². The minimum atomic E-state index is -0.975. The summed E-state index contributed by atoms with van der Waals surface area (Å²) in [5, 5.41) is 11.5. The van der Waals surface area contributed by atoms with E-state index in [9.17, 15) is 9.59 Å². The molecule has 0 aliphatic rings. The standard InChI is InChI=1S/C13H17NO3.C10H14.C8H20N.4CH4.ClH/c1-4-13(2,3)12(17)14-10-7-5-9(6-8-10)11(15)16;1-3-9(2)10-7-5-4-6-8-10;1-5-9(6-2,7-3)8-4;;;;;/h5-8H,4H2,1-3H3,(H,14,17)(H,15,16);4-9H,3H2,1-2H3;5-8H2,1-4H3;4*1H4;1H/q;;+1;;;;;/p-1. The number of halogens is 1. The van der Waals surface area contributed by atoms with E-state index in [1.54, 1.807) is 12.1 Å². The minimum Gasteiger partial charge on any atom is -1.00 e. The largest absolute Gasteiger partial charge is 1.00 e. The van der Waals surface area contributed by atoms with Gasteiger partial charge in [0.15, 0.2) is 0 Å². The van der Waals surface area contributed by atoms with E-state index >= 15 is 0 Å². The Labute approximate surface area is 262 Å². The zero-order valence-electron chi connectivity index (χ0n) is 24.6. The molecular formula is C35H67ClN2O3. The molecule has 0 saturated heterocycles. The van der Waals surface area contributed by atoms with Gasteiger partial charge in [-0.1, -0.05) is 94.7 Å². The van der Waals surface area contributed by atoms with Crippen LogP contribution in [0, 0.1) is 5.41 Å². The Morgan fingerprint density at radius 2 is 1.20 bits per heavy atom. The van der Waals surface area contributed by atoms with Crippen LogP contribution in [0.1, 0.15) is 127 Å².